The summed E-state index contributed by atoms with van der Waals surface area (Å²) in [6, 6.07) is 5.40. The van der Waals surface area contributed by atoms with Gasteiger partial charge in [0, 0.05) is 18.3 Å². The van der Waals surface area contributed by atoms with Crippen molar-refractivity contribution >= 4 is 27.7 Å². The summed E-state index contributed by atoms with van der Waals surface area (Å²) >= 11 is 1.77. The molecule has 1 saturated heterocycles. The summed E-state index contributed by atoms with van der Waals surface area (Å²) < 4.78 is 42.6. The first-order valence-corrected chi connectivity index (χ1v) is 13.9. The first-order valence-electron chi connectivity index (χ1n) is 11.3. The van der Waals surface area contributed by atoms with Crippen LogP contribution in [0.25, 0.3) is 5.69 Å². The number of hydrogen-bond donors (Lipinski definition) is 1. The molecule has 35 heavy (non-hydrogen) atoms. The highest BCUT2D eigenvalue weighted by atomic mass is 32.2. The Morgan fingerprint density at radius 2 is 1.77 bits per heavy atom. The number of para-hydroxylation sites is 1. The Morgan fingerprint density at radius 1 is 1.11 bits per heavy atom. The van der Waals surface area contributed by atoms with Crippen molar-refractivity contribution in [3.05, 3.63) is 47.8 Å². The van der Waals surface area contributed by atoms with Gasteiger partial charge >= 0.3 is 0 Å². The van der Waals surface area contributed by atoms with Crippen LogP contribution in [0.4, 0.5) is 5.95 Å². The van der Waals surface area contributed by atoms with Gasteiger partial charge in [0.15, 0.2) is 5.82 Å². The van der Waals surface area contributed by atoms with E-state index in [1.54, 1.807) is 68.9 Å². The van der Waals surface area contributed by atoms with Crippen LogP contribution in [-0.4, -0.2) is 58.4 Å². The maximum absolute atomic E-state index is 13.5. The molecule has 3 atom stereocenters. The molecule has 0 saturated carbocycles. The van der Waals surface area contributed by atoms with E-state index in [0.717, 1.165) is 24.2 Å². The number of methoxy groups -OCH3 is 2. The molecule has 188 valence electrons. The number of benzene rings is 1. The Labute approximate surface area is 209 Å². The zero-order chi connectivity index (χ0) is 25.2. The van der Waals surface area contributed by atoms with Crippen molar-refractivity contribution in [2.24, 2.45) is 0 Å². The van der Waals surface area contributed by atoms with Gasteiger partial charge in [-0.15, -0.1) is 10.2 Å². The average molecular weight is 519 g/mol. The van der Waals surface area contributed by atoms with Gasteiger partial charge in [-0.3, -0.25) is 9.29 Å². The van der Waals surface area contributed by atoms with E-state index < -0.39 is 21.2 Å². The molecular weight excluding hydrogens is 488 g/mol. The van der Waals surface area contributed by atoms with Gasteiger partial charge in [0.2, 0.25) is 16.0 Å². The lowest BCUT2D eigenvalue weighted by Crippen LogP contribution is -2.31. The van der Waals surface area contributed by atoms with Crippen LogP contribution in [0, 0.1) is 6.92 Å². The summed E-state index contributed by atoms with van der Waals surface area (Å²) in [7, 11) is -0.778. The molecule has 0 radical (unpaired) electrons. The maximum Gasteiger partial charge on any atom is 0.243 e. The van der Waals surface area contributed by atoms with E-state index in [9.17, 15) is 8.42 Å². The van der Waals surface area contributed by atoms with Gasteiger partial charge in [-0.05, 0) is 50.1 Å². The Bertz CT molecular complexity index is 1250. The van der Waals surface area contributed by atoms with Crippen molar-refractivity contribution in [1.29, 1.82) is 0 Å². The van der Waals surface area contributed by atoms with E-state index in [0.29, 0.717) is 28.8 Å². The standard InChI is InChI=1S/C23H30N6O4S2/c1-14-12-24-21(25-13-14)15(2)16(3)35(30,31)28-23-27-26-22(19-10-7-11-34-19)29(23)20-17(32-4)8-6-9-18(20)33-5/h6,8-9,12-13,15-16,19H,7,10-11H2,1-5H3,(H,27,28)/t15?,16?,19-/m1/s1. The normalized spacial score (nSPS) is 17.7. The monoisotopic (exact) mass is 518 g/mol. The summed E-state index contributed by atoms with van der Waals surface area (Å²) in [6.07, 6.45) is 5.34. The van der Waals surface area contributed by atoms with Gasteiger partial charge in [-0.25, -0.2) is 18.4 Å². The Hall–Kier alpha value is -2.86. The first-order chi connectivity index (χ1) is 16.8. The number of thioether (sulfide) groups is 1. The zero-order valence-corrected chi connectivity index (χ0v) is 22.1. The lowest BCUT2D eigenvalue weighted by atomic mass is 10.1. The second-order valence-electron chi connectivity index (χ2n) is 8.49. The minimum absolute atomic E-state index is 0.0766. The predicted octanol–water partition coefficient (Wildman–Crippen LogP) is 3.88. The molecule has 1 aromatic carbocycles. The fourth-order valence-electron chi connectivity index (χ4n) is 3.96. The molecule has 12 heteroatoms. The molecule has 1 aliphatic heterocycles. The van der Waals surface area contributed by atoms with E-state index in [-0.39, 0.29) is 11.2 Å². The van der Waals surface area contributed by atoms with Crippen LogP contribution < -0.4 is 14.2 Å². The highest BCUT2D eigenvalue weighted by Crippen LogP contribution is 2.43. The van der Waals surface area contributed by atoms with Crippen LogP contribution in [0.5, 0.6) is 11.5 Å². The summed E-state index contributed by atoms with van der Waals surface area (Å²) in [4.78, 5) is 8.63. The zero-order valence-electron chi connectivity index (χ0n) is 20.4. The van der Waals surface area contributed by atoms with E-state index in [1.165, 1.54) is 0 Å². The van der Waals surface area contributed by atoms with E-state index in [1.807, 2.05) is 13.0 Å². The average Bonchev–Trinajstić information content (AvgIpc) is 3.52. The Balaban J connectivity index is 1.76. The van der Waals surface area contributed by atoms with Crippen molar-refractivity contribution < 1.29 is 17.9 Å². The van der Waals surface area contributed by atoms with Gasteiger partial charge in [0.05, 0.1) is 24.7 Å². The molecule has 1 fully saturated rings. The fourth-order valence-corrected chi connectivity index (χ4v) is 6.45. The third kappa shape index (κ3) is 5.08. The molecule has 3 aromatic rings. The minimum atomic E-state index is -3.89. The third-order valence-corrected chi connectivity index (χ3v) is 9.39. The lowest BCUT2D eigenvalue weighted by Gasteiger charge is -2.22. The molecule has 3 heterocycles. The number of aryl methyl sites for hydroxylation is 1. The topological polar surface area (TPSA) is 121 Å². The number of anilines is 1. The highest BCUT2D eigenvalue weighted by Gasteiger charge is 2.34. The summed E-state index contributed by atoms with van der Waals surface area (Å²) in [6.45, 7) is 5.31. The first kappa shape index (κ1) is 25.2. The summed E-state index contributed by atoms with van der Waals surface area (Å²) in [5.41, 5.74) is 1.45. The number of nitrogens with zero attached hydrogens (tertiary/aromatic N) is 5. The van der Waals surface area contributed by atoms with Gasteiger partial charge in [-0.1, -0.05) is 13.0 Å². The number of sulfonamides is 1. The van der Waals surface area contributed by atoms with Crippen LogP contribution in [0.15, 0.2) is 30.6 Å². The molecule has 1 aliphatic rings. The smallest absolute Gasteiger partial charge is 0.243 e. The second kappa shape index (κ2) is 10.4. The fraction of sp³-hybridized carbons (Fsp3) is 0.478. The van der Waals surface area contributed by atoms with Crippen molar-refractivity contribution in [3.63, 3.8) is 0 Å². The van der Waals surface area contributed by atoms with E-state index >= 15 is 0 Å². The van der Waals surface area contributed by atoms with Crippen LogP contribution in [0.1, 0.15) is 55.1 Å². The van der Waals surface area contributed by atoms with Crippen LogP contribution in [0.2, 0.25) is 0 Å². The molecule has 0 aliphatic carbocycles. The van der Waals surface area contributed by atoms with Gasteiger partial charge < -0.3 is 9.47 Å². The minimum Gasteiger partial charge on any atom is -0.494 e. The van der Waals surface area contributed by atoms with Gasteiger partial charge in [-0.2, -0.15) is 11.8 Å². The van der Waals surface area contributed by atoms with E-state index in [4.69, 9.17) is 9.47 Å². The Morgan fingerprint density at radius 3 is 2.34 bits per heavy atom. The third-order valence-electron chi connectivity index (χ3n) is 6.17. The largest absolute Gasteiger partial charge is 0.494 e. The molecular formula is C23H30N6O4S2. The molecule has 2 unspecified atom stereocenters. The molecule has 4 rings (SSSR count). The highest BCUT2D eigenvalue weighted by molar-refractivity contribution is 7.99. The predicted molar refractivity (Wildman–Crippen MR) is 136 cm³/mol. The van der Waals surface area contributed by atoms with Crippen LogP contribution in [-0.2, 0) is 10.0 Å². The Kier molecular flexibility index (Phi) is 7.50. The molecule has 0 bridgehead atoms. The number of nitrogens with one attached hydrogen (secondary N) is 1. The number of hydrogen-bond acceptors (Lipinski definition) is 9. The second-order valence-corrected chi connectivity index (χ2v) is 11.8. The molecule has 0 amide bonds. The number of aromatic nitrogens is 5. The van der Waals surface area contributed by atoms with Crippen molar-refractivity contribution in [2.75, 3.05) is 24.7 Å². The van der Waals surface area contributed by atoms with Crippen LogP contribution >= 0.6 is 11.8 Å². The molecule has 2 aromatic heterocycles. The maximum atomic E-state index is 13.5. The quantitative estimate of drug-likeness (QED) is 0.450. The van der Waals surface area contributed by atoms with Gasteiger partial charge in [0.25, 0.3) is 0 Å². The van der Waals surface area contributed by atoms with Gasteiger partial charge in [0.1, 0.15) is 23.0 Å². The van der Waals surface area contributed by atoms with Crippen molar-refractivity contribution in [1.82, 2.24) is 24.7 Å². The lowest BCUT2D eigenvalue weighted by molar-refractivity contribution is 0.390. The molecule has 10 nitrogen and oxygen atoms in total. The summed E-state index contributed by atoms with van der Waals surface area (Å²) in [5.74, 6) is 2.79. The number of ether oxygens (including phenoxy) is 2. The molecule has 0 spiro atoms. The summed E-state index contributed by atoms with van der Waals surface area (Å²) in [5, 5.41) is 7.92. The number of rotatable bonds is 9. The van der Waals surface area contributed by atoms with Crippen molar-refractivity contribution in [3.8, 4) is 17.2 Å². The SMILES string of the molecule is COc1cccc(OC)c1-n1c(NS(=O)(=O)C(C)C(C)c2ncc(C)cn2)nnc1[C@H]1CCCS1. The van der Waals surface area contributed by atoms with Crippen molar-refractivity contribution in [2.45, 2.75) is 50.0 Å². The molecule has 1 N–H and O–H groups in total. The van der Waals surface area contributed by atoms with Crippen LogP contribution in [0.3, 0.4) is 0 Å². The van der Waals surface area contributed by atoms with E-state index in [2.05, 4.69) is 24.9 Å².